The Morgan fingerprint density at radius 3 is 2.42 bits per heavy atom. The van der Waals surface area contributed by atoms with Gasteiger partial charge in [0.1, 0.15) is 17.4 Å². The molecule has 6 bridgehead atoms. The van der Waals surface area contributed by atoms with E-state index in [2.05, 4.69) is 37.8 Å². The molecule has 5 aliphatic rings. The lowest BCUT2D eigenvalue weighted by molar-refractivity contribution is -0.154. The van der Waals surface area contributed by atoms with Crippen LogP contribution in [0.5, 0.6) is 11.8 Å². The fourth-order valence-corrected chi connectivity index (χ4v) is 4.32. The highest BCUT2D eigenvalue weighted by molar-refractivity contribution is 5.66. The molecule has 4 N–H and O–H groups in total. The Labute approximate surface area is 231 Å². The summed E-state index contributed by atoms with van der Waals surface area (Å²) in [5.41, 5.74) is 3.69. The molecule has 40 heavy (non-hydrogen) atoms. The van der Waals surface area contributed by atoms with Crippen LogP contribution in [0.3, 0.4) is 0 Å². The van der Waals surface area contributed by atoms with Crippen molar-refractivity contribution < 1.29 is 22.6 Å². The van der Waals surface area contributed by atoms with Crippen molar-refractivity contribution >= 4 is 23.0 Å². The number of nitrogens with one attached hydrogen (secondary N) is 4. The van der Waals surface area contributed by atoms with Gasteiger partial charge in [-0.25, -0.2) is 0 Å². The number of rotatable bonds is 2. The topological polar surface area (TPSA) is 92.4 Å². The molecule has 0 amide bonds. The van der Waals surface area contributed by atoms with Crippen LogP contribution >= 0.6 is 0 Å². The second-order valence-electron chi connectivity index (χ2n) is 10.2. The van der Waals surface area contributed by atoms with Crippen molar-refractivity contribution in [1.82, 2.24) is 20.6 Å². The van der Waals surface area contributed by atoms with E-state index in [4.69, 9.17) is 9.47 Å². The third kappa shape index (κ3) is 8.01. The Balaban J connectivity index is 1.35. The van der Waals surface area contributed by atoms with Crippen molar-refractivity contribution in [2.24, 2.45) is 5.41 Å². The van der Waals surface area contributed by atoms with Crippen LogP contribution in [0.2, 0.25) is 0 Å². The molecule has 0 radical (unpaired) electrons. The minimum absolute atomic E-state index is 0.250. The third-order valence-electron chi connectivity index (χ3n) is 6.87. The van der Waals surface area contributed by atoms with E-state index in [-0.39, 0.29) is 11.4 Å². The number of benzene rings is 2. The lowest BCUT2D eigenvalue weighted by atomic mass is 10.1. The quantitative estimate of drug-likeness (QED) is 0.331. The van der Waals surface area contributed by atoms with Crippen LogP contribution in [0, 0.1) is 5.41 Å². The summed E-state index contributed by atoms with van der Waals surface area (Å²) in [6.45, 7) is 6.39. The summed E-state index contributed by atoms with van der Waals surface area (Å²) < 4.78 is 49.1. The smallest absolute Gasteiger partial charge is 0.422 e. The molecule has 0 saturated heterocycles. The molecular weight excluding hydrogens is 521 g/mol. The van der Waals surface area contributed by atoms with E-state index in [1.54, 1.807) is 6.07 Å². The van der Waals surface area contributed by atoms with Gasteiger partial charge in [0.05, 0.1) is 6.61 Å². The van der Waals surface area contributed by atoms with Gasteiger partial charge in [-0.1, -0.05) is 30.8 Å². The van der Waals surface area contributed by atoms with E-state index in [0.717, 1.165) is 48.6 Å². The van der Waals surface area contributed by atoms with Crippen molar-refractivity contribution in [2.45, 2.75) is 32.0 Å². The summed E-state index contributed by atoms with van der Waals surface area (Å²) in [6.07, 6.45) is -1.26. The third-order valence-corrected chi connectivity index (χ3v) is 6.87. The van der Waals surface area contributed by atoms with E-state index in [0.29, 0.717) is 30.5 Å². The molecule has 4 aliphatic heterocycles. The molecule has 1 fully saturated rings. The fraction of sp³-hybridized carbons (Fsp3) is 0.379. The number of alkyl halides is 3. The lowest BCUT2D eigenvalue weighted by Crippen LogP contribution is -2.33. The zero-order valence-corrected chi connectivity index (χ0v) is 22.1. The fourth-order valence-electron chi connectivity index (χ4n) is 4.32. The number of ether oxygens (including phenoxy) is 2. The van der Waals surface area contributed by atoms with Crippen molar-refractivity contribution in [3.05, 3.63) is 72.3 Å². The number of hydrogen-bond acceptors (Lipinski definition) is 8. The molecular formula is C29H33F3N6O2. The summed E-state index contributed by atoms with van der Waals surface area (Å²) in [5.74, 6) is 1.39. The highest BCUT2D eigenvalue weighted by Gasteiger charge is 2.41. The first-order valence-electron chi connectivity index (χ1n) is 13.3. The Morgan fingerprint density at radius 2 is 1.70 bits per heavy atom. The number of nitrogens with zero attached hydrogens (tertiary/aromatic N) is 2. The number of aromatic nitrogens is 2. The van der Waals surface area contributed by atoms with Gasteiger partial charge < -0.3 is 30.7 Å². The van der Waals surface area contributed by atoms with Gasteiger partial charge in [0.2, 0.25) is 0 Å². The highest BCUT2D eigenvalue weighted by atomic mass is 19.4. The zero-order chi connectivity index (χ0) is 28.0. The predicted octanol–water partition coefficient (Wildman–Crippen LogP) is 5.49. The highest BCUT2D eigenvalue weighted by Crippen LogP contribution is 2.44. The van der Waals surface area contributed by atoms with Crippen LogP contribution in [0.25, 0.3) is 5.70 Å². The van der Waals surface area contributed by atoms with Crippen LogP contribution in [-0.2, 0) is 6.54 Å². The molecule has 5 heterocycles. The van der Waals surface area contributed by atoms with Gasteiger partial charge >= 0.3 is 12.2 Å². The second-order valence-corrected chi connectivity index (χ2v) is 10.2. The molecule has 0 unspecified atom stereocenters. The van der Waals surface area contributed by atoms with Gasteiger partial charge in [-0.05, 0) is 61.2 Å². The summed E-state index contributed by atoms with van der Waals surface area (Å²) in [6, 6.07) is 16.5. The molecule has 3 aromatic rings. The SMILES string of the molecule is C=C1NCC2(CC2)CNCCCOc2ccc(cc2)CNc2cc(nc(OCC(F)(F)F)n2)Nc2ccc1cc2. The van der Waals surface area contributed by atoms with Gasteiger partial charge in [-0.15, -0.1) is 0 Å². The minimum Gasteiger partial charge on any atom is -0.494 e. The summed E-state index contributed by atoms with van der Waals surface area (Å²) in [4.78, 5) is 8.24. The van der Waals surface area contributed by atoms with Crippen molar-refractivity contribution in [2.75, 3.05) is 43.5 Å². The first kappa shape index (κ1) is 27.6. The van der Waals surface area contributed by atoms with Crippen LogP contribution in [0.15, 0.2) is 61.2 Å². The molecule has 1 aromatic heterocycles. The van der Waals surface area contributed by atoms with Gasteiger partial charge in [0.25, 0.3) is 0 Å². The van der Waals surface area contributed by atoms with Gasteiger partial charge in [-0.2, -0.15) is 23.1 Å². The molecule has 2 aromatic carbocycles. The number of anilines is 3. The molecule has 1 spiro atoms. The number of hydrogen-bond donors (Lipinski definition) is 4. The van der Waals surface area contributed by atoms with Gasteiger partial charge in [0.15, 0.2) is 6.61 Å². The van der Waals surface area contributed by atoms with Crippen LogP contribution in [0.1, 0.15) is 30.4 Å². The first-order chi connectivity index (χ1) is 19.3. The Morgan fingerprint density at radius 1 is 0.950 bits per heavy atom. The summed E-state index contributed by atoms with van der Waals surface area (Å²) in [5, 5.41) is 13.3. The largest absolute Gasteiger partial charge is 0.494 e. The monoisotopic (exact) mass is 554 g/mol. The van der Waals surface area contributed by atoms with Crippen molar-refractivity contribution in [3.63, 3.8) is 0 Å². The molecule has 11 heteroatoms. The van der Waals surface area contributed by atoms with Crippen LogP contribution in [-0.4, -0.2) is 49.0 Å². The van der Waals surface area contributed by atoms with E-state index in [9.17, 15) is 13.2 Å². The van der Waals surface area contributed by atoms with Crippen LogP contribution in [0.4, 0.5) is 30.5 Å². The molecule has 0 atom stereocenters. The summed E-state index contributed by atoms with van der Waals surface area (Å²) in [7, 11) is 0. The Hall–Kier alpha value is -3.99. The average Bonchev–Trinajstić information content (AvgIpc) is 3.71. The van der Waals surface area contributed by atoms with Crippen LogP contribution < -0.4 is 30.7 Å². The van der Waals surface area contributed by atoms with E-state index in [1.165, 1.54) is 12.8 Å². The molecule has 8 nitrogen and oxygen atoms in total. The molecule has 1 aliphatic carbocycles. The minimum atomic E-state index is -4.51. The Bertz CT molecular complexity index is 1290. The lowest BCUT2D eigenvalue weighted by Gasteiger charge is -2.19. The maximum Gasteiger partial charge on any atom is 0.422 e. The first-order valence-corrected chi connectivity index (χ1v) is 13.3. The van der Waals surface area contributed by atoms with Gasteiger partial charge in [0, 0.05) is 42.5 Å². The normalized spacial score (nSPS) is 17.6. The van der Waals surface area contributed by atoms with E-state index < -0.39 is 12.8 Å². The summed E-state index contributed by atoms with van der Waals surface area (Å²) >= 11 is 0. The molecule has 8 rings (SSSR count). The maximum atomic E-state index is 12.8. The molecule has 1 saturated carbocycles. The average molecular weight is 555 g/mol. The van der Waals surface area contributed by atoms with E-state index >= 15 is 0 Å². The zero-order valence-electron chi connectivity index (χ0n) is 22.1. The Kier molecular flexibility index (Phi) is 8.29. The standard InChI is InChI=1S/C29H33F3N6O2/c1-20-22-5-7-23(8-6-22)36-26-15-25(37-27(38-26)40-19-29(30,31)32)34-16-21-3-9-24(10-4-21)39-14-2-13-33-17-28(11-12-28)18-35-20/h3-10,15,33,35H,1-2,11-14,16-19H2,(H2,34,36,37,38). The van der Waals surface area contributed by atoms with Crippen molar-refractivity contribution in [1.29, 1.82) is 0 Å². The van der Waals surface area contributed by atoms with Crippen molar-refractivity contribution in [3.8, 4) is 11.8 Å². The second kappa shape index (κ2) is 12.0. The molecule has 212 valence electrons. The predicted molar refractivity (Wildman–Crippen MR) is 149 cm³/mol. The maximum absolute atomic E-state index is 12.8. The van der Waals surface area contributed by atoms with E-state index in [1.807, 2.05) is 48.5 Å². The number of halogens is 3. The van der Waals surface area contributed by atoms with Gasteiger partial charge in [-0.3, -0.25) is 0 Å².